The van der Waals surface area contributed by atoms with Crippen molar-refractivity contribution in [2.75, 3.05) is 10.6 Å². The standard InChI is InChI=1S/C22H27N3O3S/c1-13-21(27)23-17-12-16(9-10-18(17)28-13)20-14(2)29-22(25-20)24-19(26)11-8-15-6-4-3-5-7-15/h9-10,12-13,15H,3-8,11H2,1-2H3,(H,23,27)(H,24,25,26)/t13-/m0/s1. The Bertz CT molecular complexity index is 918. The Balaban J connectivity index is 1.42. The quantitative estimate of drug-likeness (QED) is 0.711. The molecule has 154 valence electrons. The van der Waals surface area contributed by atoms with Crippen LogP contribution < -0.4 is 15.4 Å². The fourth-order valence-corrected chi connectivity index (χ4v) is 4.92. The summed E-state index contributed by atoms with van der Waals surface area (Å²) in [6, 6.07) is 5.65. The monoisotopic (exact) mass is 413 g/mol. The van der Waals surface area contributed by atoms with E-state index in [0.29, 0.717) is 28.9 Å². The Morgan fingerprint density at radius 1 is 1.31 bits per heavy atom. The van der Waals surface area contributed by atoms with Gasteiger partial charge in [-0.2, -0.15) is 0 Å². The van der Waals surface area contributed by atoms with E-state index >= 15 is 0 Å². The van der Waals surface area contributed by atoms with Gasteiger partial charge in [-0.1, -0.05) is 32.1 Å². The molecule has 1 aliphatic heterocycles. The van der Waals surface area contributed by atoms with Crippen LogP contribution in [0.25, 0.3) is 11.3 Å². The van der Waals surface area contributed by atoms with E-state index in [1.165, 1.54) is 43.4 Å². The molecule has 29 heavy (non-hydrogen) atoms. The number of anilines is 2. The van der Waals surface area contributed by atoms with E-state index in [0.717, 1.165) is 22.6 Å². The van der Waals surface area contributed by atoms with E-state index in [1.54, 1.807) is 6.92 Å². The molecule has 4 rings (SSSR count). The molecule has 0 spiro atoms. The summed E-state index contributed by atoms with van der Waals surface area (Å²) in [4.78, 5) is 29.9. The average molecular weight is 414 g/mol. The Hall–Kier alpha value is -2.41. The summed E-state index contributed by atoms with van der Waals surface area (Å²) in [5.74, 6) is 1.23. The third kappa shape index (κ3) is 4.61. The second-order valence-electron chi connectivity index (χ2n) is 7.97. The van der Waals surface area contributed by atoms with Gasteiger partial charge in [0, 0.05) is 16.9 Å². The number of amides is 2. The Morgan fingerprint density at radius 2 is 2.10 bits per heavy atom. The summed E-state index contributed by atoms with van der Waals surface area (Å²) in [7, 11) is 0. The first-order valence-electron chi connectivity index (χ1n) is 10.4. The number of nitrogens with one attached hydrogen (secondary N) is 2. The minimum absolute atomic E-state index is 0.0379. The third-order valence-corrected chi connectivity index (χ3v) is 6.62. The van der Waals surface area contributed by atoms with Gasteiger partial charge in [0.15, 0.2) is 11.2 Å². The fraction of sp³-hybridized carbons (Fsp3) is 0.500. The molecule has 2 aromatic rings. The van der Waals surface area contributed by atoms with Crippen molar-refractivity contribution in [1.82, 2.24) is 4.98 Å². The van der Waals surface area contributed by atoms with E-state index < -0.39 is 6.10 Å². The molecule has 1 aromatic carbocycles. The summed E-state index contributed by atoms with van der Waals surface area (Å²) >= 11 is 1.48. The van der Waals surface area contributed by atoms with Crippen LogP contribution in [0.5, 0.6) is 5.75 Å². The number of hydrogen-bond acceptors (Lipinski definition) is 5. The van der Waals surface area contributed by atoms with Gasteiger partial charge in [-0.05, 0) is 44.4 Å². The molecule has 1 atom stereocenters. The molecule has 0 radical (unpaired) electrons. The number of ether oxygens (including phenoxy) is 1. The van der Waals surface area contributed by atoms with E-state index in [1.807, 2.05) is 25.1 Å². The molecule has 1 aromatic heterocycles. The number of carbonyl (C=O) groups excluding carboxylic acids is 2. The van der Waals surface area contributed by atoms with Crippen LogP contribution in [0.3, 0.4) is 0 Å². The largest absolute Gasteiger partial charge is 0.479 e. The number of rotatable bonds is 5. The van der Waals surface area contributed by atoms with E-state index in [4.69, 9.17) is 4.74 Å². The topological polar surface area (TPSA) is 80.3 Å². The second-order valence-corrected chi connectivity index (χ2v) is 9.18. The first-order valence-corrected chi connectivity index (χ1v) is 11.2. The summed E-state index contributed by atoms with van der Waals surface area (Å²) in [6.45, 7) is 3.71. The van der Waals surface area contributed by atoms with Crippen molar-refractivity contribution in [2.45, 2.75) is 64.9 Å². The first kappa shape index (κ1) is 19.9. The minimum Gasteiger partial charge on any atom is -0.479 e. The maximum Gasteiger partial charge on any atom is 0.265 e. The molecular formula is C22H27N3O3S. The second kappa shape index (κ2) is 8.53. The number of aryl methyl sites for hydroxylation is 1. The summed E-state index contributed by atoms with van der Waals surface area (Å²) in [6.07, 6.45) is 7.46. The number of aromatic nitrogens is 1. The van der Waals surface area contributed by atoms with Crippen molar-refractivity contribution in [2.24, 2.45) is 5.92 Å². The molecule has 1 saturated carbocycles. The van der Waals surface area contributed by atoms with Gasteiger partial charge in [0.25, 0.3) is 5.91 Å². The van der Waals surface area contributed by atoms with E-state index in [9.17, 15) is 9.59 Å². The van der Waals surface area contributed by atoms with E-state index in [2.05, 4.69) is 15.6 Å². The van der Waals surface area contributed by atoms with Crippen molar-refractivity contribution >= 4 is 34.0 Å². The smallest absolute Gasteiger partial charge is 0.265 e. The molecule has 2 aliphatic rings. The number of thiazole rings is 1. The molecule has 2 heterocycles. The van der Waals surface area contributed by atoms with Gasteiger partial charge in [0.1, 0.15) is 5.75 Å². The van der Waals surface area contributed by atoms with Crippen LogP contribution in [-0.4, -0.2) is 22.9 Å². The van der Waals surface area contributed by atoms with Crippen LogP contribution >= 0.6 is 11.3 Å². The summed E-state index contributed by atoms with van der Waals surface area (Å²) in [5, 5.41) is 6.45. The van der Waals surface area contributed by atoms with Crippen molar-refractivity contribution in [1.29, 1.82) is 0 Å². The van der Waals surface area contributed by atoms with Crippen molar-refractivity contribution in [3.63, 3.8) is 0 Å². The van der Waals surface area contributed by atoms with Crippen LogP contribution in [0.15, 0.2) is 18.2 Å². The normalized spacial score (nSPS) is 19.2. The SMILES string of the molecule is Cc1sc(NC(=O)CCC2CCCCC2)nc1-c1ccc2c(c1)NC(=O)[C@H](C)O2. The highest BCUT2D eigenvalue weighted by molar-refractivity contribution is 7.16. The van der Waals surface area contributed by atoms with Gasteiger partial charge in [-0.15, -0.1) is 11.3 Å². The zero-order chi connectivity index (χ0) is 20.4. The molecule has 1 aliphatic carbocycles. The Kier molecular flexibility index (Phi) is 5.85. The predicted molar refractivity (Wildman–Crippen MR) is 115 cm³/mol. The van der Waals surface area contributed by atoms with Crippen LogP contribution in [0, 0.1) is 12.8 Å². The maximum atomic E-state index is 12.4. The predicted octanol–water partition coefficient (Wildman–Crippen LogP) is 5.14. The van der Waals surface area contributed by atoms with Crippen LogP contribution in [-0.2, 0) is 9.59 Å². The molecule has 2 N–H and O–H groups in total. The van der Waals surface area contributed by atoms with Gasteiger partial charge in [-0.3, -0.25) is 9.59 Å². The molecular weight excluding hydrogens is 386 g/mol. The van der Waals surface area contributed by atoms with Gasteiger partial charge < -0.3 is 15.4 Å². The lowest BCUT2D eigenvalue weighted by Crippen LogP contribution is -2.34. The van der Waals surface area contributed by atoms with E-state index in [-0.39, 0.29) is 11.8 Å². The fourth-order valence-electron chi connectivity index (χ4n) is 4.07. The van der Waals surface area contributed by atoms with Crippen molar-refractivity contribution in [3.8, 4) is 17.0 Å². The lowest BCUT2D eigenvalue weighted by molar-refractivity contribution is -0.122. The molecule has 0 bridgehead atoms. The maximum absolute atomic E-state index is 12.4. The minimum atomic E-state index is -0.496. The number of nitrogens with zero attached hydrogens (tertiary/aromatic N) is 1. The van der Waals surface area contributed by atoms with Crippen LogP contribution in [0.2, 0.25) is 0 Å². The number of fused-ring (bicyclic) bond motifs is 1. The highest BCUT2D eigenvalue weighted by atomic mass is 32.1. The number of hydrogen-bond donors (Lipinski definition) is 2. The highest BCUT2D eigenvalue weighted by Crippen LogP contribution is 2.37. The summed E-state index contributed by atoms with van der Waals surface area (Å²) < 4.78 is 5.61. The first-order chi connectivity index (χ1) is 14.0. The third-order valence-electron chi connectivity index (χ3n) is 5.73. The van der Waals surface area contributed by atoms with Gasteiger partial charge in [0.2, 0.25) is 5.91 Å². The van der Waals surface area contributed by atoms with Crippen molar-refractivity contribution < 1.29 is 14.3 Å². The lowest BCUT2D eigenvalue weighted by atomic mass is 9.86. The van der Waals surface area contributed by atoms with Crippen LogP contribution in [0.4, 0.5) is 10.8 Å². The zero-order valence-electron chi connectivity index (χ0n) is 16.9. The molecule has 0 unspecified atom stereocenters. The molecule has 0 saturated heterocycles. The van der Waals surface area contributed by atoms with Crippen LogP contribution in [0.1, 0.15) is 56.7 Å². The average Bonchev–Trinajstić information content (AvgIpc) is 3.07. The van der Waals surface area contributed by atoms with Gasteiger partial charge in [0.05, 0.1) is 11.4 Å². The number of benzene rings is 1. The zero-order valence-corrected chi connectivity index (χ0v) is 17.7. The van der Waals surface area contributed by atoms with Gasteiger partial charge >= 0.3 is 0 Å². The molecule has 6 nitrogen and oxygen atoms in total. The van der Waals surface area contributed by atoms with Gasteiger partial charge in [-0.25, -0.2) is 4.98 Å². The lowest BCUT2D eigenvalue weighted by Gasteiger charge is -2.23. The van der Waals surface area contributed by atoms with Crippen molar-refractivity contribution in [3.05, 3.63) is 23.1 Å². The molecule has 1 fully saturated rings. The molecule has 7 heteroatoms. The Labute approximate surface area is 175 Å². The number of carbonyl (C=O) groups is 2. The molecule has 2 amide bonds. The Morgan fingerprint density at radius 3 is 2.90 bits per heavy atom. The summed E-state index contributed by atoms with van der Waals surface area (Å²) in [5.41, 5.74) is 2.35. The highest BCUT2D eigenvalue weighted by Gasteiger charge is 2.24.